The first-order chi connectivity index (χ1) is 8.59. The molecule has 1 aromatic rings. The van der Waals surface area contributed by atoms with E-state index in [9.17, 15) is 9.59 Å². The van der Waals surface area contributed by atoms with Gasteiger partial charge in [-0.1, -0.05) is 12.1 Å². The first-order valence-electron chi connectivity index (χ1n) is 5.88. The minimum atomic E-state index is -0.850. The number of carbonyl (C=O) groups excluding carboxylic acids is 1. The van der Waals surface area contributed by atoms with Crippen LogP contribution in [0.1, 0.15) is 19.8 Å². The van der Waals surface area contributed by atoms with Gasteiger partial charge >= 0.3 is 5.97 Å². The first kappa shape index (κ1) is 12.4. The van der Waals surface area contributed by atoms with Crippen LogP contribution in [0.3, 0.4) is 0 Å². The third kappa shape index (κ3) is 2.45. The number of amides is 1. The van der Waals surface area contributed by atoms with Gasteiger partial charge in [-0.25, -0.2) is 0 Å². The van der Waals surface area contributed by atoms with Crippen molar-refractivity contribution in [3.63, 3.8) is 0 Å². The maximum absolute atomic E-state index is 12.0. The predicted octanol–water partition coefficient (Wildman–Crippen LogP) is 1.67. The number of rotatable bonds is 4. The van der Waals surface area contributed by atoms with Gasteiger partial charge in [0, 0.05) is 13.0 Å². The van der Waals surface area contributed by atoms with Crippen molar-refractivity contribution >= 4 is 17.6 Å². The second kappa shape index (κ2) is 5.08. The number of fused-ring (bicyclic) bond motifs is 1. The summed E-state index contributed by atoms with van der Waals surface area (Å²) in [7, 11) is 0. The molecule has 1 aliphatic rings. The van der Waals surface area contributed by atoms with E-state index in [1.807, 2.05) is 18.2 Å². The average Bonchev–Trinajstić information content (AvgIpc) is 2.33. The lowest BCUT2D eigenvalue weighted by Gasteiger charge is -2.32. The van der Waals surface area contributed by atoms with E-state index in [1.54, 1.807) is 17.9 Å². The second-order valence-electron chi connectivity index (χ2n) is 4.21. The number of carboxylic acid groups (broad SMARTS) is 1. The number of hydrogen-bond donors (Lipinski definition) is 1. The van der Waals surface area contributed by atoms with Gasteiger partial charge in [0.2, 0.25) is 0 Å². The monoisotopic (exact) mass is 249 g/mol. The van der Waals surface area contributed by atoms with Crippen LogP contribution in [-0.4, -0.2) is 29.6 Å². The molecule has 1 aliphatic heterocycles. The minimum absolute atomic E-state index is 0.0567. The number of anilines is 1. The molecule has 0 aliphatic carbocycles. The predicted molar refractivity (Wildman–Crippen MR) is 65.8 cm³/mol. The van der Waals surface area contributed by atoms with E-state index in [4.69, 9.17) is 9.84 Å². The number of hydrogen-bond acceptors (Lipinski definition) is 3. The molecule has 96 valence electrons. The standard InChI is InChI=1S/C13H15NO4/c1-9-13(17)14(8-4-7-12(15)16)10-5-2-3-6-11(10)18-9/h2-3,5-6,9H,4,7-8H2,1H3,(H,15,16). The van der Waals surface area contributed by atoms with Gasteiger partial charge in [0.1, 0.15) is 5.75 Å². The van der Waals surface area contributed by atoms with Crippen molar-refractivity contribution in [3.05, 3.63) is 24.3 Å². The fourth-order valence-corrected chi connectivity index (χ4v) is 1.98. The molecule has 1 unspecified atom stereocenters. The van der Waals surface area contributed by atoms with Gasteiger partial charge in [0.05, 0.1) is 5.69 Å². The molecule has 0 saturated heterocycles. The smallest absolute Gasteiger partial charge is 0.303 e. The van der Waals surface area contributed by atoms with Gasteiger partial charge in [0.15, 0.2) is 6.10 Å². The zero-order valence-electron chi connectivity index (χ0n) is 10.1. The Morgan fingerprint density at radius 2 is 2.17 bits per heavy atom. The number of aliphatic carboxylic acids is 1. The third-order valence-corrected chi connectivity index (χ3v) is 2.85. The van der Waals surface area contributed by atoms with E-state index >= 15 is 0 Å². The molecule has 0 spiro atoms. The molecular weight excluding hydrogens is 234 g/mol. The Balaban J connectivity index is 2.16. The lowest BCUT2D eigenvalue weighted by atomic mass is 10.1. The summed E-state index contributed by atoms with van der Waals surface area (Å²) in [6.45, 7) is 2.10. The number of carbonyl (C=O) groups is 2. The Hall–Kier alpha value is -2.04. The Morgan fingerprint density at radius 1 is 1.44 bits per heavy atom. The van der Waals surface area contributed by atoms with Crippen molar-refractivity contribution in [1.82, 2.24) is 0 Å². The van der Waals surface area contributed by atoms with Crippen LogP contribution in [0, 0.1) is 0 Å². The fourth-order valence-electron chi connectivity index (χ4n) is 1.98. The Labute approximate surface area is 105 Å². The van der Waals surface area contributed by atoms with E-state index in [1.165, 1.54) is 0 Å². The topological polar surface area (TPSA) is 66.8 Å². The summed E-state index contributed by atoms with van der Waals surface area (Å²) in [5.41, 5.74) is 0.714. The maximum Gasteiger partial charge on any atom is 0.303 e. The number of benzene rings is 1. The van der Waals surface area contributed by atoms with Crippen molar-refractivity contribution in [2.75, 3.05) is 11.4 Å². The number of para-hydroxylation sites is 2. The lowest BCUT2D eigenvalue weighted by Crippen LogP contribution is -2.44. The van der Waals surface area contributed by atoms with Crippen molar-refractivity contribution < 1.29 is 19.4 Å². The molecule has 5 heteroatoms. The van der Waals surface area contributed by atoms with Crippen LogP contribution in [-0.2, 0) is 9.59 Å². The normalized spacial score (nSPS) is 18.2. The van der Waals surface area contributed by atoms with Gasteiger partial charge in [0.25, 0.3) is 5.91 Å². The molecule has 0 saturated carbocycles. The number of carboxylic acids is 1. The number of ether oxygens (including phenoxy) is 1. The van der Waals surface area contributed by atoms with Crippen molar-refractivity contribution in [2.24, 2.45) is 0 Å². The fraction of sp³-hybridized carbons (Fsp3) is 0.385. The number of nitrogens with zero attached hydrogens (tertiary/aromatic N) is 1. The quantitative estimate of drug-likeness (QED) is 0.881. The van der Waals surface area contributed by atoms with Gasteiger partial charge in [-0.15, -0.1) is 0 Å². The highest BCUT2D eigenvalue weighted by molar-refractivity contribution is 5.99. The van der Waals surface area contributed by atoms with E-state index in [-0.39, 0.29) is 12.3 Å². The highest BCUT2D eigenvalue weighted by atomic mass is 16.5. The zero-order valence-corrected chi connectivity index (χ0v) is 10.1. The molecule has 1 amide bonds. The van der Waals surface area contributed by atoms with E-state index in [0.29, 0.717) is 24.4 Å². The Bertz CT molecular complexity index is 472. The van der Waals surface area contributed by atoms with Crippen LogP contribution in [0.25, 0.3) is 0 Å². The summed E-state index contributed by atoms with van der Waals surface area (Å²) >= 11 is 0. The molecule has 0 aromatic heterocycles. The van der Waals surface area contributed by atoms with E-state index < -0.39 is 12.1 Å². The van der Waals surface area contributed by atoms with Gasteiger partial charge in [-0.05, 0) is 25.5 Å². The van der Waals surface area contributed by atoms with Crippen LogP contribution in [0.2, 0.25) is 0 Å². The summed E-state index contributed by atoms with van der Waals surface area (Å²) in [5, 5.41) is 8.63. The van der Waals surface area contributed by atoms with Gasteiger partial charge < -0.3 is 14.7 Å². The van der Waals surface area contributed by atoms with Gasteiger partial charge in [-0.2, -0.15) is 0 Å². The maximum atomic E-state index is 12.0. The molecule has 2 rings (SSSR count). The van der Waals surface area contributed by atoms with Crippen LogP contribution in [0.4, 0.5) is 5.69 Å². The summed E-state index contributed by atoms with van der Waals surface area (Å²) in [5.74, 6) is -0.309. The Kier molecular flexibility index (Phi) is 3.50. The highest BCUT2D eigenvalue weighted by Crippen LogP contribution is 2.33. The second-order valence-corrected chi connectivity index (χ2v) is 4.21. The van der Waals surface area contributed by atoms with Crippen molar-refractivity contribution in [3.8, 4) is 5.75 Å². The molecule has 0 fully saturated rings. The highest BCUT2D eigenvalue weighted by Gasteiger charge is 2.30. The van der Waals surface area contributed by atoms with Crippen molar-refractivity contribution in [1.29, 1.82) is 0 Å². The Morgan fingerprint density at radius 3 is 2.89 bits per heavy atom. The first-order valence-corrected chi connectivity index (χ1v) is 5.88. The molecule has 0 radical (unpaired) electrons. The molecular formula is C13H15NO4. The molecule has 5 nitrogen and oxygen atoms in total. The van der Waals surface area contributed by atoms with E-state index in [2.05, 4.69) is 0 Å². The SMILES string of the molecule is CC1Oc2ccccc2N(CCCC(=O)O)C1=O. The lowest BCUT2D eigenvalue weighted by molar-refractivity contribution is -0.137. The molecule has 1 heterocycles. The third-order valence-electron chi connectivity index (χ3n) is 2.85. The molecule has 1 N–H and O–H groups in total. The summed E-state index contributed by atoms with van der Waals surface area (Å²) in [4.78, 5) is 24.1. The van der Waals surface area contributed by atoms with E-state index in [0.717, 1.165) is 0 Å². The average molecular weight is 249 g/mol. The molecule has 18 heavy (non-hydrogen) atoms. The summed E-state index contributed by atoms with van der Waals surface area (Å²) in [6, 6.07) is 7.29. The zero-order chi connectivity index (χ0) is 13.1. The van der Waals surface area contributed by atoms with Crippen LogP contribution in [0.15, 0.2) is 24.3 Å². The largest absolute Gasteiger partial charge is 0.481 e. The molecule has 0 bridgehead atoms. The van der Waals surface area contributed by atoms with Crippen LogP contribution in [0.5, 0.6) is 5.75 Å². The van der Waals surface area contributed by atoms with Crippen molar-refractivity contribution in [2.45, 2.75) is 25.9 Å². The summed E-state index contributed by atoms with van der Waals surface area (Å²) in [6.07, 6.45) is -0.0340. The summed E-state index contributed by atoms with van der Waals surface area (Å²) < 4.78 is 5.49. The molecule has 1 aromatic carbocycles. The van der Waals surface area contributed by atoms with Crippen LogP contribution < -0.4 is 9.64 Å². The molecule has 1 atom stereocenters. The minimum Gasteiger partial charge on any atom is -0.481 e. The van der Waals surface area contributed by atoms with Gasteiger partial charge in [-0.3, -0.25) is 9.59 Å². The van der Waals surface area contributed by atoms with Crippen LogP contribution >= 0.6 is 0 Å².